The second kappa shape index (κ2) is 22.4. The standard InChI is InChI=1S/C17H24N4O2.C10H20N2O2.C7H4N2O.C7H6N2/c1-13-11-20(12-15-6-5-14(9-18)10-19-15)7-8-21(13)16(22)23-17(2,3)4;1-8-7-11-5-6-12(8)9(13)14-10(2,3)4;1-8-6-2-3-7(5-10)9-4-6;1-6-3-4-7(8-2)5-9-6/h5-6,10,13H,7-8,11-12H2,1-4H3;8,11H,5-7H2,1-4H3;2-5H;3-5H,1H3. The second-order valence-electron chi connectivity index (χ2n) is 15.1. The fourth-order valence-electron chi connectivity index (χ4n) is 5.07. The van der Waals surface area contributed by atoms with E-state index >= 15 is 0 Å². The van der Waals surface area contributed by atoms with E-state index in [9.17, 15) is 14.4 Å². The Balaban J connectivity index is 0.000000279. The molecule has 5 heterocycles. The van der Waals surface area contributed by atoms with Crippen LogP contribution in [0.5, 0.6) is 0 Å². The minimum Gasteiger partial charge on any atom is -0.444 e. The van der Waals surface area contributed by atoms with Gasteiger partial charge in [0.25, 0.3) is 0 Å². The molecular formula is C41H54N10O5. The lowest BCUT2D eigenvalue weighted by Crippen LogP contribution is -2.54. The molecule has 2 saturated heterocycles. The number of aldehydes is 1. The highest BCUT2D eigenvalue weighted by atomic mass is 16.6. The molecular weight excluding hydrogens is 713 g/mol. The molecule has 0 radical (unpaired) electrons. The lowest BCUT2D eigenvalue weighted by molar-refractivity contribution is 0.000349. The molecule has 3 aromatic heterocycles. The first-order valence-electron chi connectivity index (χ1n) is 18.2. The number of aryl methyl sites for hydroxylation is 1. The van der Waals surface area contributed by atoms with Gasteiger partial charge in [0.2, 0.25) is 11.4 Å². The maximum atomic E-state index is 12.2. The first-order chi connectivity index (χ1) is 26.4. The van der Waals surface area contributed by atoms with Crippen molar-refractivity contribution in [3.8, 4) is 6.07 Å². The lowest BCUT2D eigenvalue weighted by atomic mass is 10.1. The summed E-state index contributed by atoms with van der Waals surface area (Å²) in [6.45, 7) is 35.8. The smallest absolute Gasteiger partial charge is 0.410 e. The van der Waals surface area contributed by atoms with Crippen LogP contribution in [0.3, 0.4) is 0 Å². The predicted molar refractivity (Wildman–Crippen MR) is 213 cm³/mol. The molecule has 0 aliphatic carbocycles. The van der Waals surface area contributed by atoms with E-state index in [4.69, 9.17) is 27.9 Å². The van der Waals surface area contributed by atoms with Gasteiger partial charge in [-0.05, 0) is 80.5 Å². The van der Waals surface area contributed by atoms with Crippen LogP contribution in [-0.2, 0) is 16.0 Å². The highest BCUT2D eigenvalue weighted by Gasteiger charge is 2.31. The molecule has 15 heteroatoms. The van der Waals surface area contributed by atoms with E-state index < -0.39 is 11.2 Å². The van der Waals surface area contributed by atoms with Crippen LogP contribution in [0.15, 0.2) is 55.0 Å². The maximum Gasteiger partial charge on any atom is 0.410 e. The normalized spacial score (nSPS) is 16.6. The number of piperazine rings is 2. The lowest BCUT2D eigenvalue weighted by Gasteiger charge is -2.40. The number of hydrogen-bond acceptors (Lipinski definition) is 11. The van der Waals surface area contributed by atoms with Gasteiger partial charge in [-0.2, -0.15) is 5.26 Å². The number of pyridine rings is 3. The molecule has 2 unspecified atom stereocenters. The van der Waals surface area contributed by atoms with Crippen molar-refractivity contribution >= 4 is 29.8 Å². The number of aromatic nitrogens is 3. The largest absolute Gasteiger partial charge is 0.444 e. The summed E-state index contributed by atoms with van der Waals surface area (Å²) in [5, 5.41) is 12.0. The molecule has 5 rings (SSSR count). The number of amides is 2. The number of nitrogens with zero attached hydrogens (tertiary/aromatic N) is 9. The number of rotatable bonds is 3. The number of carbonyl (C=O) groups is 3. The molecule has 56 heavy (non-hydrogen) atoms. The van der Waals surface area contributed by atoms with Crippen LogP contribution >= 0.6 is 0 Å². The molecule has 3 aromatic rings. The SMILES string of the molecule is CC1CN(Cc2ccc(C#N)cn2)CCN1C(=O)OC(C)(C)C.CC1CNCCN1C(=O)OC(C)(C)C.[C-]#[N+]c1ccc(C)nc1.[C-]#[N+]c1ccc(C=O)nc1. The summed E-state index contributed by atoms with van der Waals surface area (Å²) in [6.07, 6.45) is 4.73. The molecule has 2 atom stereocenters. The van der Waals surface area contributed by atoms with E-state index in [0.29, 0.717) is 35.5 Å². The van der Waals surface area contributed by atoms with Gasteiger partial charge in [-0.25, -0.2) is 19.3 Å². The zero-order valence-electron chi connectivity index (χ0n) is 33.9. The van der Waals surface area contributed by atoms with Crippen molar-refractivity contribution < 1.29 is 23.9 Å². The van der Waals surface area contributed by atoms with Crippen LogP contribution in [0.4, 0.5) is 21.0 Å². The van der Waals surface area contributed by atoms with E-state index in [1.165, 1.54) is 12.3 Å². The molecule has 1 N–H and O–H groups in total. The van der Waals surface area contributed by atoms with Crippen molar-refractivity contribution in [3.63, 3.8) is 0 Å². The first-order valence-corrected chi connectivity index (χ1v) is 18.2. The van der Waals surface area contributed by atoms with Gasteiger partial charge in [0.05, 0.1) is 30.1 Å². The third-order valence-corrected chi connectivity index (χ3v) is 7.85. The Hall–Kier alpha value is -5.95. The van der Waals surface area contributed by atoms with Crippen molar-refractivity contribution in [1.29, 1.82) is 5.26 Å². The molecule has 2 aliphatic rings. The number of hydrogen-bond donors (Lipinski definition) is 1. The van der Waals surface area contributed by atoms with Gasteiger partial charge in [0, 0.05) is 82.2 Å². The molecule has 0 spiro atoms. The molecule has 0 bridgehead atoms. The third kappa shape index (κ3) is 17.5. The van der Waals surface area contributed by atoms with Crippen LogP contribution in [0.1, 0.15) is 82.8 Å². The van der Waals surface area contributed by atoms with Gasteiger partial charge in [-0.1, -0.05) is 18.2 Å². The average molecular weight is 767 g/mol. The minimum atomic E-state index is -0.472. The van der Waals surface area contributed by atoms with Crippen LogP contribution in [0, 0.1) is 31.4 Å². The zero-order chi connectivity index (χ0) is 41.9. The summed E-state index contributed by atoms with van der Waals surface area (Å²) in [7, 11) is 0. The van der Waals surface area contributed by atoms with Gasteiger partial charge < -0.3 is 24.6 Å². The molecule has 2 aliphatic heterocycles. The third-order valence-electron chi connectivity index (χ3n) is 7.85. The van der Waals surface area contributed by atoms with Crippen molar-refractivity contribution in [1.82, 2.24) is 35.0 Å². The van der Waals surface area contributed by atoms with Gasteiger partial charge in [0.15, 0.2) is 6.29 Å². The minimum absolute atomic E-state index is 0.0944. The Morgan fingerprint density at radius 2 is 1.45 bits per heavy atom. The van der Waals surface area contributed by atoms with Gasteiger partial charge in [-0.3, -0.25) is 24.6 Å². The van der Waals surface area contributed by atoms with Gasteiger partial charge in [0.1, 0.15) is 17.3 Å². The van der Waals surface area contributed by atoms with Crippen LogP contribution in [-0.4, -0.2) is 111 Å². The van der Waals surface area contributed by atoms with Gasteiger partial charge in [-0.15, -0.1) is 0 Å². The van der Waals surface area contributed by atoms with E-state index in [1.54, 1.807) is 40.4 Å². The summed E-state index contributed by atoms with van der Waals surface area (Å²) < 4.78 is 10.8. The highest BCUT2D eigenvalue weighted by molar-refractivity contribution is 5.72. The summed E-state index contributed by atoms with van der Waals surface area (Å²) in [4.78, 5) is 58.0. The Kier molecular flexibility index (Phi) is 18.5. The predicted octanol–water partition coefficient (Wildman–Crippen LogP) is 7.00. The van der Waals surface area contributed by atoms with Crippen molar-refractivity contribution in [2.24, 2.45) is 0 Å². The topological polar surface area (TPSA) is 163 Å². The zero-order valence-corrected chi connectivity index (χ0v) is 33.9. The Morgan fingerprint density at radius 3 is 1.88 bits per heavy atom. The summed E-state index contributed by atoms with van der Waals surface area (Å²) in [6, 6.07) is 12.7. The molecule has 0 aromatic carbocycles. The number of ether oxygens (including phenoxy) is 2. The number of nitrogens with one attached hydrogen (secondary N) is 1. The Morgan fingerprint density at radius 1 is 0.857 bits per heavy atom. The quantitative estimate of drug-likeness (QED) is 0.216. The van der Waals surface area contributed by atoms with Crippen LogP contribution in [0.2, 0.25) is 0 Å². The maximum absolute atomic E-state index is 12.2. The van der Waals surface area contributed by atoms with Gasteiger partial charge >= 0.3 is 12.2 Å². The molecule has 0 saturated carbocycles. The van der Waals surface area contributed by atoms with E-state index in [0.717, 1.165) is 50.7 Å². The fourth-order valence-corrected chi connectivity index (χ4v) is 5.07. The number of nitriles is 1. The summed E-state index contributed by atoms with van der Waals surface area (Å²) in [5.74, 6) is 0. The van der Waals surface area contributed by atoms with Crippen LogP contribution < -0.4 is 5.32 Å². The van der Waals surface area contributed by atoms with Crippen molar-refractivity contribution in [3.05, 3.63) is 100 Å². The highest BCUT2D eigenvalue weighted by Crippen LogP contribution is 2.17. The van der Waals surface area contributed by atoms with Crippen LogP contribution in [0.25, 0.3) is 9.69 Å². The van der Waals surface area contributed by atoms with E-state index in [1.807, 2.05) is 74.4 Å². The van der Waals surface area contributed by atoms with E-state index in [-0.39, 0.29) is 24.3 Å². The Labute approximate surface area is 331 Å². The summed E-state index contributed by atoms with van der Waals surface area (Å²) >= 11 is 0. The number of carbonyl (C=O) groups excluding carboxylic acids is 3. The van der Waals surface area contributed by atoms with E-state index in [2.05, 4.69) is 40.9 Å². The monoisotopic (exact) mass is 766 g/mol. The molecule has 298 valence electrons. The second-order valence-corrected chi connectivity index (χ2v) is 15.1. The fraction of sp³-hybridized carbons (Fsp3) is 0.488. The molecule has 2 fully saturated rings. The average Bonchev–Trinajstić information content (AvgIpc) is 3.15. The first kappa shape index (κ1) is 46.2. The Bertz CT molecular complexity index is 1820. The molecule has 2 amide bonds. The molecule has 15 nitrogen and oxygen atoms in total. The van der Waals surface area contributed by atoms with Crippen molar-refractivity contribution in [2.75, 3.05) is 39.3 Å². The summed E-state index contributed by atoms with van der Waals surface area (Å²) in [5.41, 5.74) is 2.97. The van der Waals surface area contributed by atoms with Crippen molar-refractivity contribution in [2.45, 2.75) is 92.1 Å².